The zero-order valence-electron chi connectivity index (χ0n) is 8.64. The van der Waals surface area contributed by atoms with Crippen molar-refractivity contribution in [1.82, 2.24) is 4.90 Å². The van der Waals surface area contributed by atoms with Crippen LogP contribution < -0.4 is 0 Å². The first-order chi connectivity index (χ1) is 7.19. The smallest absolute Gasteiger partial charge is 0.254 e. The van der Waals surface area contributed by atoms with E-state index in [-0.39, 0.29) is 11.8 Å². The summed E-state index contributed by atoms with van der Waals surface area (Å²) >= 11 is 0. The number of carbonyl (C=O) groups is 2. The topological polar surface area (TPSA) is 37.4 Å². The molecule has 15 heavy (non-hydrogen) atoms. The molecule has 1 aliphatic carbocycles. The highest BCUT2D eigenvalue weighted by Gasteiger charge is 2.40. The summed E-state index contributed by atoms with van der Waals surface area (Å²) in [6, 6.07) is 0. The Morgan fingerprint density at radius 2 is 1.93 bits per heavy atom. The van der Waals surface area contributed by atoms with Crippen LogP contribution in [0.5, 0.6) is 0 Å². The molecule has 0 bridgehead atoms. The number of rotatable bonds is 2. The van der Waals surface area contributed by atoms with Crippen LogP contribution in [0.1, 0.15) is 19.8 Å². The summed E-state index contributed by atoms with van der Waals surface area (Å²) in [5.41, 5.74) is -0.452. The van der Waals surface area contributed by atoms with E-state index in [0.717, 1.165) is 6.42 Å². The van der Waals surface area contributed by atoms with Gasteiger partial charge in [0.2, 0.25) is 0 Å². The van der Waals surface area contributed by atoms with Crippen LogP contribution in [0.4, 0.5) is 0 Å². The Labute approximate surface area is 88.8 Å². The lowest BCUT2D eigenvalue weighted by Crippen LogP contribution is -2.50. The summed E-state index contributed by atoms with van der Waals surface area (Å²) in [5, 5.41) is 0. The van der Waals surface area contributed by atoms with E-state index in [0.29, 0.717) is 6.42 Å². The maximum Gasteiger partial charge on any atom is 0.254 e. The summed E-state index contributed by atoms with van der Waals surface area (Å²) in [4.78, 5) is 24.6. The molecule has 1 aliphatic heterocycles. The second-order valence-corrected chi connectivity index (χ2v) is 3.79. The standard InChI is InChI=1S/C12H13NO2/c1-2-12(8-4-3-5-9-12)13-10(14)6-7-11(13)15/h3-8H,2,9H2,1H3. The minimum Gasteiger partial charge on any atom is -0.269 e. The summed E-state index contributed by atoms with van der Waals surface area (Å²) in [6.07, 6.45) is 11.9. The van der Waals surface area contributed by atoms with Gasteiger partial charge < -0.3 is 0 Å². The van der Waals surface area contributed by atoms with Crippen molar-refractivity contribution >= 4 is 11.8 Å². The fourth-order valence-electron chi connectivity index (χ4n) is 2.08. The zero-order chi connectivity index (χ0) is 10.9. The average molecular weight is 203 g/mol. The molecule has 0 N–H and O–H groups in total. The van der Waals surface area contributed by atoms with Crippen molar-refractivity contribution in [2.75, 3.05) is 0 Å². The van der Waals surface area contributed by atoms with E-state index in [9.17, 15) is 9.59 Å². The Morgan fingerprint density at radius 3 is 2.40 bits per heavy atom. The van der Waals surface area contributed by atoms with Gasteiger partial charge >= 0.3 is 0 Å². The molecule has 0 saturated heterocycles. The molecule has 0 fully saturated rings. The number of hydrogen-bond donors (Lipinski definition) is 0. The SMILES string of the molecule is CCC1(N2C(=O)C=CC2=O)C=CC=CC1. The van der Waals surface area contributed by atoms with E-state index in [1.54, 1.807) is 0 Å². The fourth-order valence-corrected chi connectivity index (χ4v) is 2.08. The predicted molar refractivity (Wildman–Crippen MR) is 56.9 cm³/mol. The third-order valence-corrected chi connectivity index (χ3v) is 2.99. The van der Waals surface area contributed by atoms with Crippen LogP contribution in [0.2, 0.25) is 0 Å². The lowest BCUT2D eigenvalue weighted by Gasteiger charge is -2.37. The van der Waals surface area contributed by atoms with Gasteiger partial charge in [-0.15, -0.1) is 0 Å². The molecule has 0 radical (unpaired) electrons. The minimum atomic E-state index is -0.452. The molecule has 78 valence electrons. The molecule has 2 amide bonds. The first-order valence-corrected chi connectivity index (χ1v) is 5.10. The molecule has 3 heteroatoms. The average Bonchev–Trinajstić information content (AvgIpc) is 2.60. The van der Waals surface area contributed by atoms with Crippen LogP contribution in [-0.4, -0.2) is 22.3 Å². The van der Waals surface area contributed by atoms with Gasteiger partial charge in [-0.1, -0.05) is 31.2 Å². The Bertz CT molecular complexity index is 374. The predicted octanol–water partition coefficient (Wildman–Crippen LogP) is 1.58. The third kappa shape index (κ3) is 1.44. The number of amides is 2. The van der Waals surface area contributed by atoms with Crippen LogP contribution in [0.3, 0.4) is 0 Å². The molecule has 3 nitrogen and oxygen atoms in total. The Hall–Kier alpha value is -1.64. The molecule has 0 aromatic carbocycles. The first kappa shape index (κ1) is 9.90. The maximum atomic E-state index is 11.6. The number of imide groups is 1. The van der Waals surface area contributed by atoms with E-state index >= 15 is 0 Å². The Balaban J connectivity index is 2.35. The molecule has 0 saturated carbocycles. The van der Waals surface area contributed by atoms with Crippen LogP contribution in [0, 0.1) is 0 Å². The Kier molecular flexibility index (Phi) is 2.31. The normalized spacial score (nSPS) is 29.3. The molecule has 2 rings (SSSR count). The maximum absolute atomic E-state index is 11.6. The van der Waals surface area contributed by atoms with E-state index in [2.05, 4.69) is 0 Å². The highest BCUT2D eigenvalue weighted by Crippen LogP contribution is 2.31. The van der Waals surface area contributed by atoms with Gasteiger partial charge in [0.15, 0.2) is 0 Å². The summed E-state index contributed by atoms with van der Waals surface area (Å²) in [6.45, 7) is 1.99. The van der Waals surface area contributed by atoms with Gasteiger partial charge in [-0.25, -0.2) is 0 Å². The van der Waals surface area contributed by atoms with Gasteiger partial charge in [0.1, 0.15) is 0 Å². The van der Waals surface area contributed by atoms with Crippen molar-refractivity contribution in [2.45, 2.75) is 25.3 Å². The van der Waals surface area contributed by atoms with Gasteiger partial charge in [0.25, 0.3) is 11.8 Å². The molecular weight excluding hydrogens is 190 g/mol. The van der Waals surface area contributed by atoms with Crippen LogP contribution in [-0.2, 0) is 9.59 Å². The largest absolute Gasteiger partial charge is 0.269 e. The molecule has 1 unspecified atom stereocenters. The van der Waals surface area contributed by atoms with Crippen molar-refractivity contribution in [1.29, 1.82) is 0 Å². The summed E-state index contributed by atoms with van der Waals surface area (Å²) in [5.74, 6) is -0.413. The molecule has 2 aliphatic rings. The molecular formula is C12H13NO2. The van der Waals surface area contributed by atoms with E-state index in [4.69, 9.17) is 0 Å². The number of hydrogen-bond acceptors (Lipinski definition) is 2. The number of carbonyl (C=O) groups excluding carboxylic acids is 2. The molecule has 0 aromatic rings. The molecule has 0 spiro atoms. The van der Waals surface area contributed by atoms with Crippen molar-refractivity contribution in [2.24, 2.45) is 0 Å². The van der Waals surface area contributed by atoms with Crippen molar-refractivity contribution < 1.29 is 9.59 Å². The number of allylic oxidation sites excluding steroid dienone is 2. The highest BCUT2D eigenvalue weighted by atomic mass is 16.2. The zero-order valence-corrected chi connectivity index (χ0v) is 8.64. The Morgan fingerprint density at radius 1 is 1.27 bits per heavy atom. The van der Waals surface area contributed by atoms with Gasteiger partial charge in [-0.3, -0.25) is 14.5 Å². The molecule has 0 aromatic heterocycles. The van der Waals surface area contributed by atoms with Gasteiger partial charge in [0, 0.05) is 12.2 Å². The summed E-state index contributed by atoms with van der Waals surface area (Å²) < 4.78 is 0. The fraction of sp³-hybridized carbons (Fsp3) is 0.333. The quantitative estimate of drug-likeness (QED) is 0.639. The third-order valence-electron chi connectivity index (χ3n) is 2.99. The highest BCUT2D eigenvalue weighted by molar-refractivity contribution is 6.13. The van der Waals surface area contributed by atoms with Crippen LogP contribution in [0.25, 0.3) is 0 Å². The molecule has 1 heterocycles. The van der Waals surface area contributed by atoms with E-state index < -0.39 is 5.54 Å². The monoisotopic (exact) mass is 203 g/mol. The van der Waals surface area contributed by atoms with E-state index in [1.807, 2.05) is 31.2 Å². The molecule has 1 atom stereocenters. The minimum absolute atomic E-state index is 0.207. The van der Waals surface area contributed by atoms with E-state index in [1.165, 1.54) is 17.1 Å². The second kappa shape index (κ2) is 3.50. The lowest BCUT2D eigenvalue weighted by molar-refractivity contribution is -0.142. The summed E-state index contributed by atoms with van der Waals surface area (Å²) in [7, 11) is 0. The van der Waals surface area contributed by atoms with Crippen molar-refractivity contribution in [3.8, 4) is 0 Å². The van der Waals surface area contributed by atoms with Crippen molar-refractivity contribution in [3.05, 3.63) is 36.5 Å². The van der Waals surface area contributed by atoms with Gasteiger partial charge in [0.05, 0.1) is 5.54 Å². The van der Waals surface area contributed by atoms with Gasteiger partial charge in [-0.2, -0.15) is 0 Å². The van der Waals surface area contributed by atoms with Crippen LogP contribution in [0.15, 0.2) is 36.5 Å². The van der Waals surface area contributed by atoms with Gasteiger partial charge in [-0.05, 0) is 12.8 Å². The van der Waals surface area contributed by atoms with Crippen LogP contribution >= 0.6 is 0 Å². The first-order valence-electron chi connectivity index (χ1n) is 5.10. The second-order valence-electron chi connectivity index (χ2n) is 3.79. The van der Waals surface area contributed by atoms with Crippen molar-refractivity contribution in [3.63, 3.8) is 0 Å². The number of nitrogens with zero attached hydrogens (tertiary/aromatic N) is 1. The lowest BCUT2D eigenvalue weighted by atomic mass is 9.86.